The first-order valence-electron chi connectivity index (χ1n) is 5.34. The number of fused-ring (bicyclic) bond motifs is 2. The van der Waals surface area contributed by atoms with Gasteiger partial charge in [-0.25, -0.2) is 4.99 Å². The van der Waals surface area contributed by atoms with Crippen molar-refractivity contribution in [3.8, 4) is 5.75 Å². The molecule has 1 aromatic rings. The van der Waals surface area contributed by atoms with E-state index in [1.807, 2.05) is 24.3 Å². The summed E-state index contributed by atoms with van der Waals surface area (Å²) in [5, 5.41) is 11.7. The summed E-state index contributed by atoms with van der Waals surface area (Å²) in [7, 11) is 2.07. The molecule has 80 valence electrons. The lowest BCUT2D eigenvalue weighted by Gasteiger charge is -2.30. The molecule has 16 heavy (non-hydrogen) atoms. The summed E-state index contributed by atoms with van der Waals surface area (Å²) in [5.41, 5.74) is 2.54. The van der Waals surface area contributed by atoms with Gasteiger partial charge >= 0.3 is 0 Å². The van der Waals surface area contributed by atoms with E-state index in [2.05, 4.69) is 18.1 Å². The molecule has 3 rings (SSSR count). The molecule has 0 aromatic heterocycles. The van der Waals surface area contributed by atoms with E-state index in [4.69, 9.17) is 0 Å². The second kappa shape index (κ2) is 3.32. The normalized spacial score (nSPS) is 25.9. The van der Waals surface area contributed by atoms with Crippen LogP contribution in [0.4, 0.5) is 11.4 Å². The van der Waals surface area contributed by atoms with Crippen molar-refractivity contribution in [2.45, 2.75) is 6.04 Å². The Bertz CT molecular complexity index is 529. The third-order valence-electron chi connectivity index (χ3n) is 3.13. The molecule has 2 atom stereocenters. The van der Waals surface area contributed by atoms with Crippen molar-refractivity contribution in [3.05, 3.63) is 42.5 Å². The van der Waals surface area contributed by atoms with Gasteiger partial charge in [0.05, 0.1) is 7.05 Å². The Labute approximate surface area is 94.0 Å². The molecule has 1 aliphatic carbocycles. The Kier molecular flexibility index (Phi) is 1.94. The van der Waals surface area contributed by atoms with Crippen molar-refractivity contribution in [1.82, 2.24) is 0 Å². The van der Waals surface area contributed by atoms with Crippen LogP contribution in [0, 0.1) is 0 Å². The van der Waals surface area contributed by atoms with Crippen LogP contribution in [-0.2, 0) is 0 Å². The Balaban J connectivity index is 2.22. The van der Waals surface area contributed by atoms with Gasteiger partial charge in [0.25, 0.3) is 0 Å². The molecule has 1 N–H and O–H groups in total. The van der Waals surface area contributed by atoms with Crippen molar-refractivity contribution in [2.24, 2.45) is 4.99 Å². The monoisotopic (exact) mass is 212 g/mol. The van der Waals surface area contributed by atoms with Crippen LogP contribution in [0.5, 0.6) is 5.75 Å². The van der Waals surface area contributed by atoms with Gasteiger partial charge in [0.15, 0.2) is 11.7 Å². The SMILES string of the molecule is C[NH+]1c2cccc([O-])c2N=C2C=CC=CC21. The molecular formula is C13H12N2O. The lowest BCUT2D eigenvalue weighted by molar-refractivity contribution is -0.819. The molecule has 1 heterocycles. The average Bonchev–Trinajstić information content (AvgIpc) is 2.31. The lowest BCUT2D eigenvalue weighted by Crippen LogP contribution is -3.09. The van der Waals surface area contributed by atoms with E-state index in [-0.39, 0.29) is 11.8 Å². The van der Waals surface area contributed by atoms with Crippen LogP contribution in [0.25, 0.3) is 0 Å². The maximum atomic E-state index is 11.7. The largest absolute Gasteiger partial charge is 0.871 e. The van der Waals surface area contributed by atoms with Crippen LogP contribution in [0.1, 0.15) is 0 Å². The van der Waals surface area contributed by atoms with Crippen LogP contribution < -0.4 is 10.0 Å². The van der Waals surface area contributed by atoms with E-state index in [9.17, 15) is 5.11 Å². The van der Waals surface area contributed by atoms with Gasteiger partial charge in [-0.05, 0) is 12.2 Å². The number of benzene rings is 1. The summed E-state index contributed by atoms with van der Waals surface area (Å²) in [6.07, 6.45) is 8.08. The van der Waals surface area contributed by atoms with Gasteiger partial charge in [-0.2, -0.15) is 0 Å². The highest BCUT2D eigenvalue weighted by Crippen LogP contribution is 2.33. The maximum Gasteiger partial charge on any atom is 0.157 e. The lowest BCUT2D eigenvalue weighted by atomic mass is 10.0. The number of likely N-dealkylation sites (N-methyl/N-ethyl adjacent to an activating group) is 1. The van der Waals surface area contributed by atoms with E-state index in [1.54, 1.807) is 12.1 Å². The molecule has 1 aliphatic heterocycles. The van der Waals surface area contributed by atoms with E-state index < -0.39 is 0 Å². The molecule has 0 saturated heterocycles. The van der Waals surface area contributed by atoms with Crippen molar-refractivity contribution >= 4 is 17.1 Å². The Morgan fingerprint density at radius 3 is 3.06 bits per heavy atom. The molecule has 0 bridgehead atoms. The van der Waals surface area contributed by atoms with Crippen molar-refractivity contribution in [3.63, 3.8) is 0 Å². The van der Waals surface area contributed by atoms with E-state index >= 15 is 0 Å². The quantitative estimate of drug-likeness (QED) is 0.668. The second-order valence-electron chi connectivity index (χ2n) is 4.09. The zero-order valence-electron chi connectivity index (χ0n) is 8.97. The van der Waals surface area contributed by atoms with Gasteiger partial charge in [-0.15, -0.1) is 0 Å². The van der Waals surface area contributed by atoms with Crippen LogP contribution >= 0.6 is 0 Å². The standard InChI is InChI=1S/C13H12N2O/c1-15-10-6-3-2-5-9(10)14-13-11(15)7-4-8-12(13)16/h2-8,10,16H,1H3. The smallest absolute Gasteiger partial charge is 0.157 e. The fourth-order valence-corrected chi connectivity index (χ4v) is 2.26. The van der Waals surface area contributed by atoms with Gasteiger partial charge in [-0.1, -0.05) is 30.0 Å². The fourth-order valence-electron chi connectivity index (χ4n) is 2.26. The third-order valence-corrected chi connectivity index (χ3v) is 3.13. The van der Waals surface area contributed by atoms with Crippen LogP contribution in [-0.4, -0.2) is 18.8 Å². The number of allylic oxidation sites excluding steroid dienone is 2. The van der Waals surface area contributed by atoms with Crippen molar-refractivity contribution < 1.29 is 10.0 Å². The second-order valence-corrected chi connectivity index (χ2v) is 4.09. The minimum Gasteiger partial charge on any atom is -0.871 e. The number of quaternary nitrogens is 1. The molecule has 0 fully saturated rings. The fraction of sp³-hybridized carbons (Fsp3) is 0.154. The minimum absolute atomic E-state index is 0.00533. The Morgan fingerprint density at radius 2 is 2.19 bits per heavy atom. The number of hydrogen-bond donors (Lipinski definition) is 1. The molecule has 2 aliphatic rings. The average molecular weight is 212 g/mol. The predicted molar refractivity (Wildman–Crippen MR) is 61.6 cm³/mol. The first-order chi connectivity index (χ1) is 7.77. The molecule has 0 spiro atoms. The summed E-state index contributed by atoms with van der Waals surface area (Å²) in [5.74, 6) is 0.00533. The summed E-state index contributed by atoms with van der Waals surface area (Å²) in [6.45, 7) is 0. The minimum atomic E-state index is 0.00533. The summed E-state index contributed by atoms with van der Waals surface area (Å²) in [4.78, 5) is 5.67. The topological polar surface area (TPSA) is 39.9 Å². The number of rotatable bonds is 0. The molecule has 3 heteroatoms. The first-order valence-corrected chi connectivity index (χ1v) is 5.34. The number of para-hydroxylation sites is 1. The predicted octanol–water partition coefficient (Wildman–Crippen LogP) is 0.487. The number of nitrogens with one attached hydrogen (secondary N) is 1. The maximum absolute atomic E-state index is 11.7. The summed E-state index contributed by atoms with van der Waals surface area (Å²) < 4.78 is 0. The van der Waals surface area contributed by atoms with E-state index in [0.29, 0.717) is 5.69 Å². The summed E-state index contributed by atoms with van der Waals surface area (Å²) in [6, 6.07) is 5.57. The van der Waals surface area contributed by atoms with Gasteiger partial charge in [0.1, 0.15) is 11.4 Å². The zero-order valence-corrected chi connectivity index (χ0v) is 8.97. The third kappa shape index (κ3) is 1.22. The molecule has 0 saturated carbocycles. The highest BCUT2D eigenvalue weighted by molar-refractivity contribution is 6.04. The van der Waals surface area contributed by atoms with Gasteiger partial charge in [0, 0.05) is 6.07 Å². The highest BCUT2D eigenvalue weighted by Gasteiger charge is 2.29. The number of nitrogens with zero attached hydrogens (tertiary/aromatic N) is 1. The molecular weight excluding hydrogens is 200 g/mol. The Hall–Kier alpha value is -1.87. The molecule has 3 nitrogen and oxygen atoms in total. The highest BCUT2D eigenvalue weighted by atomic mass is 16.3. The van der Waals surface area contributed by atoms with Crippen molar-refractivity contribution in [1.29, 1.82) is 0 Å². The van der Waals surface area contributed by atoms with Gasteiger partial charge < -0.3 is 5.11 Å². The molecule has 2 unspecified atom stereocenters. The molecule has 0 amide bonds. The molecule has 0 radical (unpaired) electrons. The van der Waals surface area contributed by atoms with E-state index in [1.165, 1.54) is 4.90 Å². The van der Waals surface area contributed by atoms with Crippen LogP contribution in [0.2, 0.25) is 0 Å². The Morgan fingerprint density at radius 1 is 1.31 bits per heavy atom. The van der Waals surface area contributed by atoms with Crippen molar-refractivity contribution in [2.75, 3.05) is 7.05 Å². The van der Waals surface area contributed by atoms with E-state index in [0.717, 1.165) is 11.4 Å². The molecule has 1 aromatic carbocycles. The number of aliphatic imine (C=N–C) groups is 1. The van der Waals surface area contributed by atoms with Crippen LogP contribution in [0.3, 0.4) is 0 Å². The van der Waals surface area contributed by atoms with Gasteiger partial charge in [0.2, 0.25) is 0 Å². The number of hydrogen-bond acceptors (Lipinski definition) is 2. The summed E-state index contributed by atoms with van der Waals surface area (Å²) >= 11 is 0. The van der Waals surface area contributed by atoms with Gasteiger partial charge in [-0.3, -0.25) is 4.90 Å². The zero-order chi connectivity index (χ0) is 11.1. The first kappa shape index (κ1) is 9.36. The van der Waals surface area contributed by atoms with Crippen LogP contribution in [0.15, 0.2) is 47.5 Å².